The van der Waals surface area contributed by atoms with Gasteiger partial charge in [-0.1, -0.05) is 11.6 Å². The summed E-state index contributed by atoms with van der Waals surface area (Å²) in [5, 5.41) is 10.7. The number of benzene rings is 1. The highest BCUT2D eigenvalue weighted by Gasteiger charge is 2.12. The highest BCUT2D eigenvalue weighted by molar-refractivity contribution is 6.30. The molecular weight excluding hydrogens is 262 g/mol. The first kappa shape index (κ1) is 11.6. The van der Waals surface area contributed by atoms with E-state index in [0.717, 1.165) is 5.56 Å². The number of halogens is 1. The molecule has 92 valence electrons. The molecule has 0 aromatic heterocycles. The maximum atomic E-state index is 10.0. The van der Waals surface area contributed by atoms with Crippen molar-refractivity contribution >= 4 is 11.6 Å². The van der Waals surface area contributed by atoms with E-state index in [-0.39, 0.29) is 5.88 Å². The number of hydrogen-bond acceptors (Lipinski definition) is 3. The number of nitrogens with zero attached hydrogens (tertiary/aromatic N) is 3. The third-order valence-electron chi connectivity index (χ3n) is 2.61. The van der Waals surface area contributed by atoms with Crippen LogP contribution >= 0.6 is 11.6 Å². The largest absolute Gasteiger partial charge is 0.493 e. The van der Waals surface area contributed by atoms with Crippen LogP contribution in [0.15, 0.2) is 42.9 Å². The van der Waals surface area contributed by atoms with E-state index in [1.807, 2.05) is 12.1 Å². The summed E-state index contributed by atoms with van der Waals surface area (Å²) in [6.45, 7) is 0. The van der Waals surface area contributed by atoms with Gasteiger partial charge in [-0.15, -0.1) is 0 Å². The van der Waals surface area contributed by atoms with Gasteiger partial charge >= 0.3 is 0 Å². The summed E-state index contributed by atoms with van der Waals surface area (Å²) in [6.07, 6.45) is 3.03. The van der Waals surface area contributed by atoms with E-state index in [1.165, 1.54) is 10.9 Å². The van der Waals surface area contributed by atoms with Crippen LogP contribution in [0.4, 0.5) is 0 Å². The van der Waals surface area contributed by atoms with E-state index >= 15 is 0 Å². The molecule has 2 heterocycles. The van der Waals surface area contributed by atoms with E-state index in [0.29, 0.717) is 16.4 Å². The summed E-state index contributed by atoms with van der Waals surface area (Å²) in [7, 11) is 0. The Hall–Kier alpha value is -2.51. The van der Waals surface area contributed by atoms with Gasteiger partial charge in [0.15, 0.2) is 5.82 Å². The van der Waals surface area contributed by atoms with Gasteiger partial charge in [-0.3, -0.25) is 0 Å². The highest BCUT2D eigenvalue weighted by atomic mass is 35.5. The molecule has 19 heavy (non-hydrogen) atoms. The Morgan fingerprint density at radius 3 is 2.68 bits per heavy atom. The molecule has 4 nitrogen and oxygen atoms in total. The van der Waals surface area contributed by atoms with Gasteiger partial charge in [0, 0.05) is 22.8 Å². The Balaban J connectivity index is 2.00. The molecule has 1 N–H and O–H groups in total. The van der Waals surface area contributed by atoms with Crippen molar-refractivity contribution in [3.63, 3.8) is 0 Å². The number of aromatic hydroxyl groups is 1. The lowest BCUT2D eigenvalue weighted by atomic mass is 10.2. The van der Waals surface area contributed by atoms with Crippen LogP contribution in [0.3, 0.4) is 0 Å². The summed E-state index contributed by atoms with van der Waals surface area (Å²) in [4.78, 5) is 8.10. The molecule has 0 bridgehead atoms. The highest BCUT2D eigenvalue weighted by Crippen LogP contribution is 2.26. The van der Waals surface area contributed by atoms with Crippen LogP contribution in [-0.2, 0) is 0 Å². The lowest BCUT2D eigenvalue weighted by Gasteiger charge is -2.04. The fraction of sp³-hybridized carbons (Fsp3) is 0. The van der Waals surface area contributed by atoms with Crippen LogP contribution < -0.4 is 0 Å². The summed E-state index contributed by atoms with van der Waals surface area (Å²) in [5.41, 5.74) is 1.38. The summed E-state index contributed by atoms with van der Waals surface area (Å²) in [5.74, 6) is 3.45. The predicted octanol–water partition coefficient (Wildman–Crippen LogP) is 2.60. The number of hydrogen-bond donors (Lipinski definition) is 1. The van der Waals surface area contributed by atoms with E-state index < -0.39 is 0 Å². The summed E-state index contributed by atoms with van der Waals surface area (Å²) in [6, 6.07) is 11.6. The SMILES string of the molecule is Oc1c2ccnc-2ncn1C#Cc1ccc(Cl)cc1. The van der Waals surface area contributed by atoms with Gasteiger partial charge in [-0.2, -0.15) is 0 Å². The molecule has 2 aliphatic rings. The molecule has 0 radical (unpaired) electrons. The second-order valence-electron chi connectivity index (χ2n) is 3.86. The second kappa shape index (κ2) is 4.63. The van der Waals surface area contributed by atoms with Gasteiger partial charge in [-0.25, -0.2) is 14.5 Å². The Bertz CT molecular complexity index is 753. The Kier molecular flexibility index (Phi) is 2.82. The van der Waals surface area contributed by atoms with Gasteiger partial charge in [0.1, 0.15) is 6.33 Å². The molecule has 0 amide bonds. The first-order chi connectivity index (χ1) is 9.24. The molecule has 5 heteroatoms. The molecule has 0 fully saturated rings. The zero-order valence-electron chi connectivity index (χ0n) is 9.71. The molecule has 1 aromatic carbocycles. The Labute approximate surface area is 114 Å². The molecule has 0 unspecified atom stereocenters. The topological polar surface area (TPSA) is 50.9 Å². The van der Waals surface area contributed by atoms with Gasteiger partial charge in [0.25, 0.3) is 0 Å². The normalized spacial score (nSPS) is 10.2. The number of aromatic nitrogens is 3. The number of fused-ring (bicyclic) bond motifs is 1. The third kappa shape index (κ3) is 2.24. The molecule has 0 saturated carbocycles. The van der Waals surface area contributed by atoms with Gasteiger partial charge in [0.2, 0.25) is 5.88 Å². The van der Waals surface area contributed by atoms with Crippen molar-refractivity contribution in [3.05, 3.63) is 53.4 Å². The van der Waals surface area contributed by atoms with Crippen LogP contribution in [0.25, 0.3) is 11.4 Å². The van der Waals surface area contributed by atoms with Crippen molar-refractivity contribution in [3.8, 4) is 29.2 Å². The van der Waals surface area contributed by atoms with E-state index in [2.05, 4.69) is 21.9 Å². The zero-order valence-corrected chi connectivity index (χ0v) is 10.5. The fourth-order valence-corrected chi connectivity index (χ4v) is 1.77. The maximum absolute atomic E-state index is 10.0. The lowest BCUT2D eigenvalue weighted by Crippen LogP contribution is -1.97. The van der Waals surface area contributed by atoms with E-state index in [1.54, 1.807) is 24.4 Å². The van der Waals surface area contributed by atoms with Crippen molar-refractivity contribution in [1.29, 1.82) is 0 Å². The van der Waals surface area contributed by atoms with Gasteiger partial charge in [-0.05, 0) is 36.3 Å². The first-order valence-electron chi connectivity index (χ1n) is 5.52. The average Bonchev–Trinajstić information content (AvgIpc) is 2.89. The van der Waals surface area contributed by atoms with Crippen molar-refractivity contribution < 1.29 is 5.11 Å². The van der Waals surface area contributed by atoms with Crippen molar-refractivity contribution in [2.75, 3.05) is 0 Å². The Morgan fingerprint density at radius 1 is 1.11 bits per heavy atom. The molecule has 0 spiro atoms. The molecule has 0 saturated heterocycles. The molecule has 1 aromatic rings. The van der Waals surface area contributed by atoms with Gasteiger partial charge in [0.05, 0.1) is 5.56 Å². The minimum atomic E-state index is 0.0314. The summed E-state index contributed by atoms with van der Waals surface area (Å²) >= 11 is 5.80. The fourth-order valence-electron chi connectivity index (χ4n) is 1.64. The van der Waals surface area contributed by atoms with Crippen LogP contribution in [0, 0.1) is 12.0 Å². The third-order valence-corrected chi connectivity index (χ3v) is 2.86. The second-order valence-corrected chi connectivity index (χ2v) is 4.30. The van der Waals surface area contributed by atoms with E-state index in [9.17, 15) is 5.11 Å². The predicted molar refractivity (Wildman–Crippen MR) is 72.0 cm³/mol. The van der Waals surface area contributed by atoms with Crippen LogP contribution in [0.2, 0.25) is 5.02 Å². The first-order valence-corrected chi connectivity index (χ1v) is 5.90. The van der Waals surface area contributed by atoms with Crippen molar-refractivity contribution in [1.82, 2.24) is 14.5 Å². The van der Waals surface area contributed by atoms with Crippen LogP contribution in [-0.4, -0.2) is 19.6 Å². The molecule has 2 aliphatic heterocycles. The van der Waals surface area contributed by atoms with Crippen LogP contribution in [0.1, 0.15) is 5.56 Å². The Morgan fingerprint density at radius 2 is 1.89 bits per heavy atom. The number of rotatable bonds is 0. The molecule has 0 atom stereocenters. The van der Waals surface area contributed by atoms with Crippen molar-refractivity contribution in [2.45, 2.75) is 0 Å². The molecule has 3 rings (SSSR count). The minimum absolute atomic E-state index is 0.0314. The minimum Gasteiger partial charge on any atom is -0.493 e. The zero-order chi connectivity index (χ0) is 13.2. The van der Waals surface area contributed by atoms with E-state index in [4.69, 9.17) is 11.6 Å². The van der Waals surface area contributed by atoms with Gasteiger partial charge < -0.3 is 5.11 Å². The smallest absolute Gasteiger partial charge is 0.215 e. The lowest BCUT2D eigenvalue weighted by molar-refractivity contribution is 0.440. The summed E-state index contributed by atoms with van der Waals surface area (Å²) < 4.78 is 1.36. The molecular formula is C14H8ClN3O. The van der Waals surface area contributed by atoms with Crippen molar-refractivity contribution in [2.24, 2.45) is 0 Å². The monoisotopic (exact) mass is 269 g/mol. The quantitative estimate of drug-likeness (QED) is 0.638. The standard InChI is InChI=1S/C14H8ClN3O/c15-11-3-1-10(2-4-11)6-8-18-9-17-13-12(14(18)19)5-7-16-13/h1-5,7,9,19H. The molecule has 0 aliphatic carbocycles. The average molecular weight is 270 g/mol. The van der Waals surface area contributed by atoms with Crippen LogP contribution in [0.5, 0.6) is 5.88 Å². The maximum Gasteiger partial charge on any atom is 0.215 e.